The number of methoxy groups -OCH3 is 2. The van der Waals surface area contributed by atoms with Crippen LogP contribution in [0.3, 0.4) is 0 Å². The second-order valence-corrected chi connectivity index (χ2v) is 5.18. The largest absolute Gasteiger partial charge is 0.504 e. The van der Waals surface area contributed by atoms with Crippen molar-refractivity contribution < 1.29 is 34.0 Å². The van der Waals surface area contributed by atoms with Gasteiger partial charge >= 0.3 is 5.97 Å². The highest BCUT2D eigenvalue weighted by Gasteiger charge is 2.09. The molecule has 0 aliphatic carbocycles. The van der Waals surface area contributed by atoms with E-state index in [0.717, 1.165) is 0 Å². The molecule has 136 valence electrons. The maximum atomic E-state index is 12.3. The lowest BCUT2D eigenvalue weighted by Crippen LogP contribution is -2.10. The van der Waals surface area contributed by atoms with Crippen LogP contribution in [-0.2, 0) is 4.79 Å². The van der Waals surface area contributed by atoms with Crippen molar-refractivity contribution in [1.29, 1.82) is 0 Å². The molecule has 0 atom stereocenters. The predicted molar refractivity (Wildman–Crippen MR) is 94.1 cm³/mol. The highest BCUT2D eigenvalue weighted by molar-refractivity contribution is 6.07. The summed E-state index contributed by atoms with van der Waals surface area (Å²) in [6, 6.07) is 9.19. The summed E-state index contributed by atoms with van der Waals surface area (Å²) >= 11 is 0. The molecule has 0 radical (unpaired) electrons. The summed E-state index contributed by atoms with van der Waals surface area (Å²) in [4.78, 5) is 22.8. The van der Waals surface area contributed by atoms with E-state index in [9.17, 15) is 14.7 Å². The minimum absolute atomic E-state index is 0.0466. The quantitative estimate of drug-likeness (QED) is 0.552. The van der Waals surface area contributed by atoms with Gasteiger partial charge in [-0.1, -0.05) is 12.1 Å². The fourth-order valence-corrected chi connectivity index (χ4v) is 2.15. The van der Waals surface area contributed by atoms with Crippen molar-refractivity contribution >= 4 is 17.8 Å². The van der Waals surface area contributed by atoms with E-state index < -0.39 is 12.6 Å². The summed E-state index contributed by atoms with van der Waals surface area (Å²) in [7, 11) is 2.84. The van der Waals surface area contributed by atoms with E-state index in [-0.39, 0.29) is 17.3 Å². The highest BCUT2D eigenvalue weighted by Crippen LogP contribution is 2.29. The van der Waals surface area contributed by atoms with Crippen molar-refractivity contribution in [2.45, 2.75) is 0 Å². The Morgan fingerprint density at radius 3 is 2.38 bits per heavy atom. The van der Waals surface area contributed by atoms with Crippen molar-refractivity contribution in [2.24, 2.45) is 0 Å². The highest BCUT2D eigenvalue weighted by atomic mass is 16.5. The van der Waals surface area contributed by atoms with Crippen LogP contribution in [0.25, 0.3) is 6.08 Å². The van der Waals surface area contributed by atoms with Gasteiger partial charge in [0.25, 0.3) is 0 Å². The van der Waals surface area contributed by atoms with Gasteiger partial charge in [0.1, 0.15) is 0 Å². The topological polar surface area (TPSA) is 102 Å². The first-order valence-corrected chi connectivity index (χ1v) is 7.56. The first-order valence-electron chi connectivity index (χ1n) is 7.56. The van der Waals surface area contributed by atoms with Crippen LogP contribution in [0.1, 0.15) is 15.9 Å². The number of hydrogen-bond acceptors (Lipinski definition) is 6. The molecule has 0 aromatic heterocycles. The average Bonchev–Trinajstić information content (AvgIpc) is 2.64. The summed E-state index contributed by atoms with van der Waals surface area (Å²) in [6.45, 7) is -0.479. The van der Waals surface area contributed by atoms with Crippen LogP contribution in [0.5, 0.6) is 23.0 Å². The van der Waals surface area contributed by atoms with Gasteiger partial charge < -0.3 is 24.4 Å². The maximum absolute atomic E-state index is 12.3. The SMILES string of the molecule is COc1cc(C(=O)/C=C/c2ccc(OCC(=O)O)c(OC)c2)ccc1O. The standard InChI is InChI=1S/C19H18O7/c1-24-17-10-13(5-7-15(17)21)14(20)6-3-12-4-8-16(18(9-12)25-2)26-11-19(22)23/h3-10,21H,11H2,1-2H3,(H,22,23)/b6-3+. The molecule has 2 aromatic carbocycles. The van der Waals surface area contributed by atoms with Gasteiger partial charge in [-0.2, -0.15) is 0 Å². The molecule has 2 N–H and O–H groups in total. The Balaban J connectivity index is 2.16. The van der Waals surface area contributed by atoms with Crippen molar-refractivity contribution in [3.8, 4) is 23.0 Å². The number of allylic oxidation sites excluding steroid dienone is 1. The summed E-state index contributed by atoms with van der Waals surface area (Å²) in [5, 5.41) is 18.2. The Bertz CT molecular complexity index is 840. The number of carboxylic acids is 1. The van der Waals surface area contributed by atoms with Crippen molar-refractivity contribution in [1.82, 2.24) is 0 Å². The zero-order valence-corrected chi connectivity index (χ0v) is 14.3. The molecule has 7 heteroatoms. The molecule has 0 aliphatic rings. The molecule has 0 saturated carbocycles. The Kier molecular flexibility index (Phi) is 6.21. The van der Waals surface area contributed by atoms with Crippen LogP contribution < -0.4 is 14.2 Å². The number of carboxylic acid groups (broad SMARTS) is 1. The molecule has 0 heterocycles. The number of aromatic hydroxyl groups is 1. The van der Waals surface area contributed by atoms with E-state index in [2.05, 4.69) is 0 Å². The number of carbonyl (C=O) groups is 2. The zero-order valence-electron chi connectivity index (χ0n) is 14.3. The first kappa shape index (κ1) is 18.9. The van der Waals surface area contributed by atoms with Gasteiger partial charge in [0, 0.05) is 5.56 Å². The monoisotopic (exact) mass is 358 g/mol. The maximum Gasteiger partial charge on any atom is 0.341 e. The molecular formula is C19H18O7. The molecule has 0 fully saturated rings. The molecule has 0 amide bonds. The van der Waals surface area contributed by atoms with E-state index in [4.69, 9.17) is 19.3 Å². The van der Waals surface area contributed by atoms with Crippen molar-refractivity contribution in [3.05, 3.63) is 53.6 Å². The van der Waals surface area contributed by atoms with E-state index in [1.165, 1.54) is 38.5 Å². The van der Waals surface area contributed by atoms with Gasteiger partial charge in [0.15, 0.2) is 35.4 Å². The molecule has 0 saturated heterocycles. The Morgan fingerprint density at radius 2 is 1.73 bits per heavy atom. The van der Waals surface area contributed by atoms with Crippen LogP contribution in [0, 0.1) is 0 Å². The molecule has 2 rings (SSSR count). The molecule has 0 spiro atoms. The lowest BCUT2D eigenvalue weighted by atomic mass is 10.1. The number of rotatable bonds is 8. The van der Waals surface area contributed by atoms with Crippen molar-refractivity contribution in [3.63, 3.8) is 0 Å². The second kappa shape index (κ2) is 8.57. The summed E-state index contributed by atoms with van der Waals surface area (Å²) < 4.78 is 15.3. The lowest BCUT2D eigenvalue weighted by Gasteiger charge is -2.09. The summed E-state index contributed by atoms with van der Waals surface area (Å²) in [6.07, 6.45) is 2.96. The molecule has 0 bridgehead atoms. The number of aliphatic carboxylic acids is 1. The van der Waals surface area contributed by atoms with Gasteiger partial charge in [-0.05, 0) is 42.0 Å². The fraction of sp³-hybridized carbons (Fsp3) is 0.158. The minimum Gasteiger partial charge on any atom is -0.504 e. The van der Waals surface area contributed by atoms with Crippen LogP contribution in [0.4, 0.5) is 0 Å². The number of ether oxygens (including phenoxy) is 3. The van der Waals surface area contributed by atoms with E-state index in [0.29, 0.717) is 22.6 Å². The summed E-state index contributed by atoms with van der Waals surface area (Å²) in [5.41, 5.74) is 1.04. The Labute approximate surface area is 150 Å². The van der Waals surface area contributed by atoms with Gasteiger partial charge in [-0.25, -0.2) is 4.79 Å². The molecular weight excluding hydrogens is 340 g/mol. The number of phenolic OH excluding ortho intramolecular Hbond substituents is 1. The lowest BCUT2D eigenvalue weighted by molar-refractivity contribution is -0.139. The van der Waals surface area contributed by atoms with Gasteiger partial charge in [-0.3, -0.25) is 4.79 Å². The van der Waals surface area contributed by atoms with E-state index >= 15 is 0 Å². The molecule has 0 unspecified atom stereocenters. The summed E-state index contributed by atoms with van der Waals surface area (Å²) in [5.74, 6) is -0.547. The van der Waals surface area contributed by atoms with E-state index in [1.807, 2.05) is 0 Å². The molecule has 26 heavy (non-hydrogen) atoms. The average molecular weight is 358 g/mol. The van der Waals surface area contributed by atoms with Crippen LogP contribution >= 0.6 is 0 Å². The molecule has 2 aromatic rings. The molecule has 0 aliphatic heterocycles. The number of ketones is 1. The Morgan fingerprint density at radius 1 is 1.00 bits per heavy atom. The third-order valence-corrected chi connectivity index (χ3v) is 3.43. The van der Waals surface area contributed by atoms with E-state index in [1.54, 1.807) is 24.3 Å². The minimum atomic E-state index is -1.09. The third kappa shape index (κ3) is 4.76. The number of phenols is 1. The third-order valence-electron chi connectivity index (χ3n) is 3.43. The van der Waals surface area contributed by atoms with Crippen LogP contribution in [-0.4, -0.2) is 42.8 Å². The molecule has 7 nitrogen and oxygen atoms in total. The number of benzene rings is 2. The predicted octanol–water partition coefficient (Wildman–Crippen LogP) is 2.77. The Hall–Kier alpha value is -3.48. The van der Waals surface area contributed by atoms with Gasteiger partial charge in [-0.15, -0.1) is 0 Å². The fourth-order valence-electron chi connectivity index (χ4n) is 2.15. The normalized spacial score (nSPS) is 10.5. The van der Waals surface area contributed by atoms with Crippen LogP contribution in [0.15, 0.2) is 42.5 Å². The number of hydrogen-bond donors (Lipinski definition) is 2. The number of carbonyl (C=O) groups excluding carboxylic acids is 1. The smallest absolute Gasteiger partial charge is 0.341 e. The van der Waals surface area contributed by atoms with Gasteiger partial charge in [0.05, 0.1) is 14.2 Å². The first-order chi connectivity index (χ1) is 12.4. The van der Waals surface area contributed by atoms with Gasteiger partial charge in [0.2, 0.25) is 0 Å². The zero-order chi connectivity index (χ0) is 19.1. The van der Waals surface area contributed by atoms with Crippen molar-refractivity contribution in [2.75, 3.05) is 20.8 Å². The second-order valence-electron chi connectivity index (χ2n) is 5.18. The van der Waals surface area contributed by atoms with Crippen LogP contribution in [0.2, 0.25) is 0 Å².